The van der Waals surface area contributed by atoms with Crippen LogP contribution in [0.5, 0.6) is 0 Å². The molecule has 0 rings (SSSR count). The molecule has 0 bridgehead atoms. The van der Waals surface area contributed by atoms with Gasteiger partial charge in [0.15, 0.2) is 0 Å². The Morgan fingerprint density at radius 1 is 0.600 bits per heavy atom. The van der Waals surface area contributed by atoms with E-state index in [0.29, 0.717) is 0 Å². The van der Waals surface area contributed by atoms with E-state index in [-0.39, 0.29) is 12.8 Å². The van der Waals surface area contributed by atoms with Gasteiger partial charge in [-0.15, -0.1) is 0 Å². The number of nitrogens with two attached hydrogens (primary N) is 2. The van der Waals surface area contributed by atoms with Gasteiger partial charge in [-0.25, -0.2) is 4.79 Å². The third-order valence-corrected chi connectivity index (χ3v) is 4.32. The molecular formula is C18H27N5O12. The van der Waals surface area contributed by atoms with Crippen molar-refractivity contribution < 1.29 is 58.8 Å². The van der Waals surface area contributed by atoms with Gasteiger partial charge >= 0.3 is 23.9 Å². The minimum atomic E-state index is -1.95. The Labute approximate surface area is 197 Å². The van der Waals surface area contributed by atoms with Crippen LogP contribution in [0.1, 0.15) is 38.5 Å². The molecule has 0 saturated carbocycles. The number of nitrogens with one attached hydrogen (secondary N) is 3. The van der Waals surface area contributed by atoms with Crippen LogP contribution < -0.4 is 27.4 Å². The van der Waals surface area contributed by atoms with E-state index in [1.54, 1.807) is 5.32 Å². The quantitative estimate of drug-likeness (QED) is 0.0909. The first-order valence-corrected chi connectivity index (χ1v) is 9.97. The van der Waals surface area contributed by atoms with Crippen LogP contribution in [0.4, 0.5) is 0 Å². The number of amides is 4. The first kappa shape index (κ1) is 30.7. The maximum absolute atomic E-state index is 12.7. The summed E-state index contributed by atoms with van der Waals surface area (Å²) in [5, 5.41) is 41.6. The Morgan fingerprint density at radius 3 is 1.51 bits per heavy atom. The lowest BCUT2D eigenvalue weighted by Crippen LogP contribution is -2.57. The molecule has 0 aliphatic carbocycles. The van der Waals surface area contributed by atoms with Crippen molar-refractivity contribution >= 4 is 47.5 Å². The normalized spacial score (nSPS) is 13.9. The predicted molar refractivity (Wildman–Crippen MR) is 111 cm³/mol. The zero-order valence-electron chi connectivity index (χ0n) is 18.3. The van der Waals surface area contributed by atoms with Gasteiger partial charge in [0.05, 0.1) is 18.9 Å². The minimum Gasteiger partial charge on any atom is -0.481 e. The van der Waals surface area contributed by atoms with E-state index in [2.05, 4.69) is 5.32 Å². The van der Waals surface area contributed by atoms with E-state index in [1.165, 1.54) is 0 Å². The first-order chi connectivity index (χ1) is 16.1. The first-order valence-electron chi connectivity index (χ1n) is 9.97. The Morgan fingerprint density at radius 2 is 1.06 bits per heavy atom. The Hall–Kier alpha value is -4.28. The smallest absolute Gasteiger partial charge is 0.326 e. The standard InChI is InChI=1S/C18H27N5O12/c19-7(1-3-11(20)24)15(31)21-8(2-4-12(25)26)16(32)22-9(5-13(27)28)17(33)23-10(18(34)35)6-14(29)30/h7-10H,1-6,19H2,(H2,20,24)(H,21,31)(H,22,32)(H,23,33)(H,25,26)(H,27,28)(H,29,30)(H,34,35). The monoisotopic (exact) mass is 505 g/mol. The molecule has 0 aliphatic rings. The topological polar surface area (TPSA) is 306 Å². The molecule has 0 saturated heterocycles. The lowest BCUT2D eigenvalue weighted by Gasteiger charge is -2.24. The van der Waals surface area contributed by atoms with E-state index in [1.807, 2.05) is 5.32 Å². The molecule has 4 atom stereocenters. The average Bonchev–Trinajstić information content (AvgIpc) is 2.72. The minimum absolute atomic E-state index is 0.196. The zero-order chi connectivity index (χ0) is 27.3. The van der Waals surface area contributed by atoms with Gasteiger partial charge in [0.1, 0.15) is 18.1 Å². The zero-order valence-corrected chi connectivity index (χ0v) is 18.3. The van der Waals surface area contributed by atoms with Crippen LogP contribution in [0.25, 0.3) is 0 Å². The third kappa shape index (κ3) is 13.1. The largest absolute Gasteiger partial charge is 0.481 e. The lowest BCUT2D eigenvalue weighted by molar-refractivity contribution is -0.148. The van der Waals surface area contributed by atoms with Crippen molar-refractivity contribution in [3.8, 4) is 0 Å². The van der Waals surface area contributed by atoms with Crippen molar-refractivity contribution in [2.45, 2.75) is 62.7 Å². The van der Waals surface area contributed by atoms with Gasteiger partial charge in [-0.3, -0.25) is 33.6 Å². The highest BCUT2D eigenvalue weighted by atomic mass is 16.4. The Kier molecular flexibility index (Phi) is 13.0. The molecule has 0 aromatic carbocycles. The number of carbonyl (C=O) groups excluding carboxylic acids is 4. The molecule has 0 aromatic heterocycles. The fourth-order valence-corrected chi connectivity index (χ4v) is 2.55. The predicted octanol–water partition coefficient (Wildman–Crippen LogP) is -4.07. The molecule has 0 fully saturated rings. The number of carbonyl (C=O) groups is 8. The summed E-state index contributed by atoms with van der Waals surface area (Å²) >= 11 is 0. The van der Waals surface area contributed by atoms with Crippen LogP contribution in [-0.2, 0) is 38.4 Å². The second-order valence-corrected chi connectivity index (χ2v) is 7.26. The van der Waals surface area contributed by atoms with Gasteiger partial charge in [-0.05, 0) is 12.8 Å². The summed E-state index contributed by atoms with van der Waals surface area (Å²) in [7, 11) is 0. The summed E-state index contributed by atoms with van der Waals surface area (Å²) in [4.78, 5) is 92.1. The molecule has 0 aliphatic heterocycles. The molecule has 196 valence electrons. The summed E-state index contributed by atoms with van der Waals surface area (Å²) in [6.07, 6.45) is -3.71. The summed E-state index contributed by atoms with van der Waals surface area (Å²) in [6, 6.07) is -6.79. The van der Waals surface area contributed by atoms with Crippen molar-refractivity contribution in [1.29, 1.82) is 0 Å². The number of hydrogen-bond acceptors (Lipinski definition) is 9. The van der Waals surface area contributed by atoms with E-state index in [4.69, 9.17) is 31.9 Å². The third-order valence-electron chi connectivity index (χ3n) is 4.32. The lowest BCUT2D eigenvalue weighted by atomic mass is 10.1. The molecule has 0 heterocycles. The highest BCUT2D eigenvalue weighted by molar-refractivity contribution is 5.96. The van der Waals surface area contributed by atoms with E-state index in [9.17, 15) is 38.4 Å². The van der Waals surface area contributed by atoms with Crippen LogP contribution in [0.3, 0.4) is 0 Å². The molecular weight excluding hydrogens is 478 g/mol. The maximum atomic E-state index is 12.7. The van der Waals surface area contributed by atoms with Crippen molar-refractivity contribution in [3.05, 3.63) is 0 Å². The van der Waals surface area contributed by atoms with Crippen molar-refractivity contribution in [2.75, 3.05) is 0 Å². The van der Waals surface area contributed by atoms with Crippen molar-refractivity contribution in [2.24, 2.45) is 11.5 Å². The van der Waals surface area contributed by atoms with Gasteiger partial charge in [-0.1, -0.05) is 0 Å². The molecule has 4 unspecified atom stereocenters. The molecule has 35 heavy (non-hydrogen) atoms. The molecule has 0 aromatic rings. The number of carboxylic acid groups (broad SMARTS) is 4. The van der Waals surface area contributed by atoms with Crippen molar-refractivity contribution in [1.82, 2.24) is 16.0 Å². The van der Waals surface area contributed by atoms with Crippen LogP contribution in [0, 0.1) is 0 Å². The van der Waals surface area contributed by atoms with Crippen LogP contribution in [0.15, 0.2) is 0 Å². The van der Waals surface area contributed by atoms with Gasteiger partial charge < -0.3 is 47.8 Å². The number of aliphatic carboxylic acids is 4. The SMILES string of the molecule is NC(=O)CCC(N)C(=O)NC(CCC(=O)O)C(=O)NC(CC(=O)O)C(=O)NC(CC(=O)O)C(=O)O. The molecule has 4 amide bonds. The van der Waals surface area contributed by atoms with Gasteiger partial charge in [0, 0.05) is 12.8 Å². The average molecular weight is 505 g/mol. The van der Waals surface area contributed by atoms with Crippen LogP contribution >= 0.6 is 0 Å². The van der Waals surface area contributed by atoms with Gasteiger partial charge in [-0.2, -0.15) is 0 Å². The van der Waals surface area contributed by atoms with Gasteiger partial charge in [0.25, 0.3) is 0 Å². The molecule has 17 heteroatoms. The second-order valence-electron chi connectivity index (χ2n) is 7.26. The summed E-state index contributed by atoms with van der Waals surface area (Å²) < 4.78 is 0. The number of carboxylic acids is 4. The maximum Gasteiger partial charge on any atom is 0.326 e. The van der Waals surface area contributed by atoms with E-state index >= 15 is 0 Å². The number of rotatable bonds is 17. The fourth-order valence-electron chi connectivity index (χ4n) is 2.55. The van der Waals surface area contributed by atoms with Gasteiger partial charge in [0.2, 0.25) is 23.6 Å². The Bertz CT molecular complexity index is 861. The summed E-state index contributed by atoms with van der Waals surface area (Å²) in [6.45, 7) is 0. The van der Waals surface area contributed by atoms with Crippen molar-refractivity contribution in [3.63, 3.8) is 0 Å². The summed E-state index contributed by atoms with van der Waals surface area (Å²) in [5.41, 5.74) is 10.6. The molecule has 0 spiro atoms. The number of hydrogen-bond donors (Lipinski definition) is 9. The van der Waals surface area contributed by atoms with E-state index < -0.39 is 97.4 Å². The molecule has 17 nitrogen and oxygen atoms in total. The second kappa shape index (κ2) is 14.8. The summed E-state index contributed by atoms with van der Waals surface area (Å²) in [5.74, 6) is -10.5. The highest BCUT2D eigenvalue weighted by Gasteiger charge is 2.32. The molecule has 0 radical (unpaired) electrons. The van der Waals surface area contributed by atoms with E-state index in [0.717, 1.165) is 0 Å². The van der Waals surface area contributed by atoms with Crippen LogP contribution in [-0.4, -0.2) is 92.1 Å². The fraction of sp³-hybridized carbons (Fsp3) is 0.556. The highest BCUT2D eigenvalue weighted by Crippen LogP contribution is 2.04. The Balaban J connectivity index is 5.59. The number of primary amides is 1. The molecule has 11 N–H and O–H groups in total. The van der Waals surface area contributed by atoms with Crippen LogP contribution in [0.2, 0.25) is 0 Å².